The van der Waals surface area contributed by atoms with Crippen LogP contribution in [0.5, 0.6) is 5.75 Å². The molecule has 0 aliphatic heterocycles. The molecule has 0 aromatic heterocycles. The summed E-state index contributed by atoms with van der Waals surface area (Å²) in [6, 6.07) is 5.91. The number of aliphatic hydroxyl groups is 1. The van der Waals surface area contributed by atoms with Gasteiger partial charge < -0.3 is 19.9 Å². The van der Waals surface area contributed by atoms with Gasteiger partial charge in [-0.2, -0.15) is 13.2 Å². The van der Waals surface area contributed by atoms with Crippen LogP contribution in [0, 0.1) is 0 Å². The SMILES string of the molecule is CCOc1ccccc1NC(=O)[C@H](Cl)[C@](O)(C(=O)OC)C(F)(F)F. The number of hydrogen-bond acceptors (Lipinski definition) is 5. The van der Waals surface area contributed by atoms with Crippen LogP contribution < -0.4 is 10.1 Å². The first-order valence-corrected chi connectivity index (χ1v) is 7.07. The number of rotatable bonds is 6. The number of amides is 1. The molecule has 1 aromatic rings. The number of methoxy groups -OCH3 is 1. The van der Waals surface area contributed by atoms with Gasteiger partial charge in [0.25, 0.3) is 5.60 Å². The van der Waals surface area contributed by atoms with Crippen LogP contribution in [0.15, 0.2) is 24.3 Å². The number of esters is 1. The minimum Gasteiger partial charge on any atom is -0.492 e. The van der Waals surface area contributed by atoms with Gasteiger partial charge in [0.1, 0.15) is 5.75 Å². The van der Waals surface area contributed by atoms with E-state index < -0.39 is 29.0 Å². The minimum absolute atomic E-state index is 0.0318. The van der Waals surface area contributed by atoms with Crippen LogP contribution in [0.1, 0.15) is 6.92 Å². The molecule has 6 nitrogen and oxygen atoms in total. The quantitative estimate of drug-likeness (QED) is 0.592. The number of carbonyl (C=O) groups is 2. The van der Waals surface area contributed by atoms with Crippen molar-refractivity contribution in [2.45, 2.75) is 24.1 Å². The molecule has 0 heterocycles. The van der Waals surface area contributed by atoms with Crippen molar-refractivity contribution >= 4 is 29.2 Å². The summed E-state index contributed by atoms with van der Waals surface area (Å²) >= 11 is 5.45. The molecule has 0 bridgehead atoms. The van der Waals surface area contributed by atoms with Crippen LogP contribution in [0.3, 0.4) is 0 Å². The second kappa shape index (κ2) is 7.71. The summed E-state index contributed by atoms with van der Waals surface area (Å²) in [7, 11) is 0.630. The molecule has 2 N–H and O–H groups in total. The van der Waals surface area contributed by atoms with Crippen molar-refractivity contribution in [3.05, 3.63) is 24.3 Å². The zero-order valence-corrected chi connectivity index (χ0v) is 13.4. The lowest BCUT2D eigenvalue weighted by atomic mass is 9.97. The van der Waals surface area contributed by atoms with Crippen molar-refractivity contribution in [3.8, 4) is 5.75 Å². The molecule has 0 radical (unpaired) electrons. The first-order chi connectivity index (χ1) is 11.1. The van der Waals surface area contributed by atoms with E-state index in [2.05, 4.69) is 10.1 Å². The summed E-state index contributed by atoms with van der Waals surface area (Å²) in [6.07, 6.45) is -5.52. The highest BCUT2D eigenvalue weighted by atomic mass is 35.5. The molecule has 0 fully saturated rings. The molecular weight excluding hydrogens is 355 g/mol. The molecule has 0 aliphatic carbocycles. The van der Waals surface area contributed by atoms with Gasteiger partial charge in [-0.1, -0.05) is 12.1 Å². The Bertz CT molecular complexity index is 610. The Morgan fingerprint density at radius 1 is 1.33 bits per heavy atom. The Morgan fingerprint density at radius 3 is 2.42 bits per heavy atom. The topological polar surface area (TPSA) is 84.9 Å². The monoisotopic (exact) mass is 369 g/mol. The van der Waals surface area contributed by atoms with Gasteiger partial charge in [-0.3, -0.25) is 4.79 Å². The normalized spacial score (nSPS) is 15.1. The number of carbonyl (C=O) groups excluding carboxylic acids is 2. The number of para-hydroxylation sites is 2. The second-order valence-corrected chi connectivity index (χ2v) is 4.97. The van der Waals surface area contributed by atoms with Crippen LogP contribution in [-0.2, 0) is 14.3 Å². The van der Waals surface area contributed by atoms with E-state index in [0.29, 0.717) is 7.11 Å². The number of hydrogen-bond donors (Lipinski definition) is 2. The van der Waals surface area contributed by atoms with Crippen LogP contribution in [0.2, 0.25) is 0 Å². The summed E-state index contributed by atoms with van der Waals surface area (Å²) in [6.45, 7) is 1.91. The van der Waals surface area contributed by atoms with E-state index >= 15 is 0 Å². The Hall–Kier alpha value is -2.00. The Kier molecular flexibility index (Phi) is 6.44. The summed E-state index contributed by atoms with van der Waals surface area (Å²) < 4.78 is 48.3. The molecule has 2 atom stereocenters. The van der Waals surface area contributed by atoms with Gasteiger partial charge in [0, 0.05) is 0 Å². The number of anilines is 1. The first kappa shape index (κ1) is 20.0. The second-order valence-electron chi connectivity index (χ2n) is 4.54. The molecule has 134 valence electrons. The van der Waals surface area contributed by atoms with Crippen molar-refractivity contribution in [1.29, 1.82) is 0 Å². The highest BCUT2D eigenvalue weighted by Gasteiger charge is 2.67. The zero-order valence-electron chi connectivity index (χ0n) is 12.7. The summed E-state index contributed by atoms with van der Waals surface area (Å²) in [5.74, 6) is -3.36. The third-order valence-corrected chi connectivity index (χ3v) is 3.48. The van der Waals surface area contributed by atoms with E-state index in [1.807, 2.05) is 0 Å². The van der Waals surface area contributed by atoms with Crippen molar-refractivity contribution < 1.29 is 37.3 Å². The maximum absolute atomic E-state index is 13.1. The predicted molar refractivity (Wildman–Crippen MR) is 78.9 cm³/mol. The fourth-order valence-electron chi connectivity index (χ4n) is 1.76. The van der Waals surface area contributed by atoms with Crippen LogP contribution >= 0.6 is 11.6 Å². The summed E-state index contributed by atoms with van der Waals surface area (Å²) in [4.78, 5) is 23.4. The molecule has 10 heteroatoms. The summed E-state index contributed by atoms with van der Waals surface area (Å²) in [5, 5.41) is 9.09. The smallest absolute Gasteiger partial charge is 0.430 e. The van der Waals surface area contributed by atoms with Gasteiger partial charge in [0.15, 0.2) is 5.38 Å². The molecule has 0 spiro atoms. The van der Waals surface area contributed by atoms with E-state index in [-0.39, 0.29) is 18.0 Å². The van der Waals surface area contributed by atoms with E-state index in [1.165, 1.54) is 18.2 Å². The van der Waals surface area contributed by atoms with Crippen molar-refractivity contribution in [1.82, 2.24) is 0 Å². The average molecular weight is 370 g/mol. The Morgan fingerprint density at radius 2 is 1.92 bits per heavy atom. The first-order valence-electron chi connectivity index (χ1n) is 6.63. The standard InChI is InChI=1S/C14H15ClF3NO5/c1-3-24-9-7-5-4-6-8(9)19-11(20)10(15)13(22,12(21)23-2)14(16,17)18/h4-7,10,22H,3H2,1-2H3,(H,19,20)/t10-,13-/m0/s1. The Balaban J connectivity index is 3.11. The summed E-state index contributed by atoms with van der Waals surface area (Å²) in [5.41, 5.74) is -4.17. The molecule has 1 rings (SSSR count). The largest absolute Gasteiger partial charge is 0.492 e. The molecule has 0 saturated carbocycles. The highest BCUT2D eigenvalue weighted by molar-refractivity contribution is 6.35. The lowest BCUT2D eigenvalue weighted by Gasteiger charge is -2.30. The van der Waals surface area contributed by atoms with Gasteiger partial charge in [-0.15, -0.1) is 11.6 Å². The zero-order chi connectivity index (χ0) is 18.5. The van der Waals surface area contributed by atoms with Gasteiger partial charge in [-0.05, 0) is 19.1 Å². The van der Waals surface area contributed by atoms with E-state index in [0.717, 1.165) is 0 Å². The Labute approximate surface area is 140 Å². The number of benzene rings is 1. The molecule has 1 amide bonds. The van der Waals surface area contributed by atoms with Gasteiger partial charge in [0.2, 0.25) is 5.91 Å². The molecule has 1 aromatic carbocycles. The average Bonchev–Trinajstić information content (AvgIpc) is 2.53. The lowest BCUT2D eigenvalue weighted by molar-refractivity contribution is -0.260. The molecule has 0 aliphatic rings. The fraction of sp³-hybridized carbons (Fsp3) is 0.429. The van der Waals surface area contributed by atoms with Crippen LogP contribution in [0.25, 0.3) is 0 Å². The fourth-order valence-corrected chi connectivity index (χ4v) is 2.02. The molecule has 0 unspecified atom stereocenters. The van der Waals surface area contributed by atoms with Crippen molar-refractivity contribution in [2.24, 2.45) is 0 Å². The van der Waals surface area contributed by atoms with Gasteiger partial charge in [-0.25, -0.2) is 4.79 Å². The molecular formula is C14H15ClF3NO5. The van der Waals surface area contributed by atoms with Gasteiger partial charge >= 0.3 is 12.1 Å². The van der Waals surface area contributed by atoms with E-state index in [1.54, 1.807) is 13.0 Å². The molecule has 24 heavy (non-hydrogen) atoms. The van der Waals surface area contributed by atoms with E-state index in [4.69, 9.17) is 16.3 Å². The number of halogens is 4. The number of alkyl halides is 4. The van der Waals surface area contributed by atoms with Crippen molar-refractivity contribution in [2.75, 3.05) is 19.0 Å². The third-order valence-electron chi connectivity index (χ3n) is 2.97. The van der Waals surface area contributed by atoms with Crippen molar-refractivity contribution in [3.63, 3.8) is 0 Å². The lowest BCUT2D eigenvalue weighted by Crippen LogP contribution is -2.62. The van der Waals surface area contributed by atoms with Crippen LogP contribution in [-0.4, -0.2) is 47.9 Å². The maximum Gasteiger partial charge on any atom is 0.430 e. The van der Waals surface area contributed by atoms with E-state index in [9.17, 15) is 27.9 Å². The third kappa shape index (κ3) is 3.90. The van der Waals surface area contributed by atoms with Gasteiger partial charge in [0.05, 0.1) is 19.4 Å². The number of nitrogens with one attached hydrogen (secondary N) is 1. The number of ether oxygens (including phenoxy) is 2. The predicted octanol–water partition coefficient (Wildman–Crippen LogP) is 2.10. The highest BCUT2D eigenvalue weighted by Crippen LogP contribution is 2.37. The maximum atomic E-state index is 13.1. The van der Waals surface area contributed by atoms with Crippen LogP contribution in [0.4, 0.5) is 18.9 Å². The minimum atomic E-state index is -5.52. The molecule has 0 saturated heterocycles.